The van der Waals surface area contributed by atoms with Gasteiger partial charge in [0, 0.05) is 24.3 Å². The van der Waals surface area contributed by atoms with E-state index in [1.54, 1.807) is 0 Å². The summed E-state index contributed by atoms with van der Waals surface area (Å²) in [5.74, 6) is 4.54. The number of hydrogen-bond acceptors (Lipinski definition) is 5. The van der Waals surface area contributed by atoms with Crippen molar-refractivity contribution < 1.29 is 13.9 Å². The van der Waals surface area contributed by atoms with E-state index in [1.807, 2.05) is 61.2 Å². The highest BCUT2D eigenvalue weighted by Crippen LogP contribution is 2.22. The van der Waals surface area contributed by atoms with Gasteiger partial charge >= 0.3 is 0 Å². The van der Waals surface area contributed by atoms with Gasteiger partial charge in [-0.1, -0.05) is 37.3 Å². The van der Waals surface area contributed by atoms with Crippen LogP contribution >= 0.6 is 11.8 Å². The van der Waals surface area contributed by atoms with E-state index < -0.39 is 0 Å². The Morgan fingerprint density at radius 1 is 1.03 bits per heavy atom. The highest BCUT2D eigenvalue weighted by Gasteiger charge is 2.12. The van der Waals surface area contributed by atoms with Crippen LogP contribution in [-0.4, -0.2) is 35.8 Å². The van der Waals surface area contributed by atoms with Crippen LogP contribution in [0.2, 0.25) is 0 Å². The molecule has 3 aromatic rings. The lowest BCUT2D eigenvalue weighted by Gasteiger charge is -2.16. The number of rotatable bonds is 12. The zero-order valence-corrected chi connectivity index (χ0v) is 18.9. The van der Waals surface area contributed by atoms with Gasteiger partial charge in [0.05, 0.1) is 18.4 Å². The van der Waals surface area contributed by atoms with E-state index in [-0.39, 0.29) is 6.10 Å². The van der Waals surface area contributed by atoms with Gasteiger partial charge in [-0.2, -0.15) is 11.8 Å². The first-order valence-corrected chi connectivity index (χ1v) is 11.8. The minimum absolute atomic E-state index is 0.265. The summed E-state index contributed by atoms with van der Waals surface area (Å²) in [6.45, 7) is 7.51. The minimum Gasteiger partial charge on any atom is -0.493 e. The number of aryl methyl sites for hydroxylation is 1. The molecular weight excluding hydrogens is 394 g/mol. The number of oxazole rings is 1. The van der Waals surface area contributed by atoms with Gasteiger partial charge in [0.1, 0.15) is 11.5 Å². The van der Waals surface area contributed by atoms with Crippen LogP contribution in [-0.2, 0) is 17.6 Å². The molecule has 0 bridgehead atoms. The van der Waals surface area contributed by atoms with Gasteiger partial charge in [-0.25, -0.2) is 4.98 Å². The second-order valence-electron chi connectivity index (χ2n) is 7.07. The lowest BCUT2D eigenvalue weighted by molar-refractivity contribution is 0.0801. The summed E-state index contributed by atoms with van der Waals surface area (Å²) < 4.78 is 17.6. The van der Waals surface area contributed by atoms with E-state index in [2.05, 4.69) is 31.0 Å². The SMILES string of the molecule is CCO[C@H](CSCC)Cc1ccc(OCCc2nc(-c3ccccc3)oc2C)cc1. The summed E-state index contributed by atoms with van der Waals surface area (Å²) >= 11 is 1.93. The maximum Gasteiger partial charge on any atom is 0.226 e. The Morgan fingerprint density at radius 3 is 2.50 bits per heavy atom. The zero-order chi connectivity index (χ0) is 21.2. The predicted molar refractivity (Wildman–Crippen MR) is 124 cm³/mol. The summed E-state index contributed by atoms with van der Waals surface area (Å²) in [5, 5.41) is 0. The highest BCUT2D eigenvalue weighted by molar-refractivity contribution is 7.99. The van der Waals surface area contributed by atoms with E-state index in [4.69, 9.17) is 13.9 Å². The number of benzene rings is 2. The largest absolute Gasteiger partial charge is 0.493 e. The first-order chi connectivity index (χ1) is 14.7. The summed E-state index contributed by atoms with van der Waals surface area (Å²) in [6, 6.07) is 18.3. The monoisotopic (exact) mass is 425 g/mol. The smallest absolute Gasteiger partial charge is 0.226 e. The van der Waals surface area contributed by atoms with Gasteiger partial charge in [0.15, 0.2) is 0 Å². The second kappa shape index (κ2) is 11.8. The zero-order valence-electron chi connectivity index (χ0n) is 18.1. The van der Waals surface area contributed by atoms with Crippen LogP contribution in [0.3, 0.4) is 0 Å². The van der Waals surface area contributed by atoms with E-state index in [9.17, 15) is 0 Å². The van der Waals surface area contributed by atoms with Crippen LogP contribution in [0.15, 0.2) is 59.0 Å². The molecule has 0 spiro atoms. The van der Waals surface area contributed by atoms with Crippen molar-refractivity contribution in [1.29, 1.82) is 0 Å². The van der Waals surface area contributed by atoms with Gasteiger partial charge < -0.3 is 13.9 Å². The Bertz CT molecular complexity index is 877. The minimum atomic E-state index is 0.265. The van der Waals surface area contributed by atoms with Gasteiger partial charge in [-0.15, -0.1) is 0 Å². The summed E-state index contributed by atoms with van der Waals surface area (Å²) in [4.78, 5) is 4.64. The molecule has 0 amide bonds. The van der Waals surface area contributed by atoms with Gasteiger partial charge in [0.2, 0.25) is 5.89 Å². The topological polar surface area (TPSA) is 44.5 Å². The molecule has 160 valence electrons. The average molecular weight is 426 g/mol. The van der Waals surface area contributed by atoms with E-state index in [0.717, 1.165) is 47.3 Å². The summed E-state index contributed by atoms with van der Waals surface area (Å²) in [6.07, 6.45) is 1.91. The molecule has 0 saturated heterocycles. The molecule has 0 aliphatic carbocycles. The Hall–Kier alpha value is -2.24. The number of aromatic nitrogens is 1. The van der Waals surface area contributed by atoms with Gasteiger partial charge in [-0.3, -0.25) is 0 Å². The third kappa shape index (κ3) is 6.64. The number of thioether (sulfide) groups is 1. The molecule has 1 atom stereocenters. The normalized spacial score (nSPS) is 12.1. The van der Waals surface area contributed by atoms with Gasteiger partial charge in [0.25, 0.3) is 0 Å². The van der Waals surface area contributed by atoms with Crippen molar-refractivity contribution in [2.45, 2.75) is 39.7 Å². The Labute approximate surface area is 184 Å². The molecule has 1 aromatic heterocycles. The maximum atomic E-state index is 5.94. The van der Waals surface area contributed by atoms with Crippen LogP contribution in [0.1, 0.15) is 30.9 Å². The predicted octanol–water partition coefficient (Wildman–Crippen LogP) is 5.97. The number of hydrogen-bond donors (Lipinski definition) is 0. The first kappa shape index (κ1) is 22.4. The van der Waals surface area contributed by atoms with Crippen molar-refractivity contribution in [3.63, 3.8) is 0 Å². The van der Waals surface area contributed by atoms with Crippen molar-refractivity contribution in [1.82, 2.24) is 4.98 Å². The molecule has 0 unspecified atom stereocenters. The second-order valence-corrected chi connectivity index (χ2v) is 8.39. The standard InChI is InChI=1S/C25H31NO3S/c1-4-27-23(18-30-5-2)17-20-11-13-22(14-12-20)28-16-15-24-19(3)29-25(26-24)21-9-7-6-8-10-21/h6-14,23H,4-5,15-18H2,1-3H3/t23-/m0/s1. The quantitative estimate of drug-likeness (QED) is 0.357. The van der Waals surface area contributed by atoms with Crippen LogP contribution in [0.4, 0.5) is 0 Å². The average Bonchev–Trinajstić information content (AvgIpc) is 3.14. The fourth-order valence-electron chi connectivity index (χ4n) is 3.27. The Morgan fingerprint density at radius 2 is 1.80 bits per heavy atom. The Kier molecular flexibility index (Phi) is 8.84. The molecule has 0 saturated carbocycles. The van der Waals surface area contributed by atoms with Crippen LogP contribution in [0, 0.1) is 6.92 Å². The maximum absolute atomic E-state index is 5.94. The molecule has 30 heavy (non-hydrogen) atoms. The highest BCUT2D eigenvalue weighted by atomic mass is 32.2. The molecule has 0 aliphatic heterocycles. The Balaban J connectivity index is 1.50. The number of nitrogens with zero attached hydrogens (tertiary/aromatic N) is 1. The van der Waals surface area contributed by atoms with Crippen molar-refractivity contribution in [2.24, 2.45) is 0 Å². The van der Waals surface area contributed by atoms with Crippen LogP contribution < -0.4 is 4.74 Å². The third-order valence-electron chi connectivity index (χ3n) is 4.82. The van der Waals surface area contributed by atoms with E-state index in [0.29, 0.717) is 18.9 Å². The molecule has 0 radical (unpaired) electrons. The molecule has 3 rings (SSSR count). The fraction of sp³-hybridized carbons (Fsp3) is 0.400. The molecule has 0 aliphatic rings. The molecule has 5 heteroatoms. The summed E-state index contributed by atoms with van der Waals surface area (Å²) in [5.41, 5.74) is 3.21. The first-order valence-electron chi connectivity index (χ1n) is 10.6. The lowest BCUT2D eigenvalue weighted by atomic mass is 10.1. The molecular formula is C25H31NO3S. The third-order valence-corrected chi connectivity index (χ3v) is 5.83. The van der Waals surface area contributed by atoms with Crippen molar-refractivity contribution in [3.8, 4) is 17.2 Å². The fourth-order valence-corrected chi connectivity index (χ4v) is 3.98. The molecule has 0 N–H and O–H groups in total. The lowest BCUT2D eigenvalue weighted by Crippen LogP contribution is -2.19. The van der Waals surface area contributed by atoms with Crippen molar-refractivity contribution in [3.05, 3.63) is 71.6 Å². The van der Waals surface area contributed by atoms with Crippen LogP contribution in [0.25, 0.3) is 11.5 Å². The summed E-state index contributed by atoms with van der Waals surface area (Å²) in [7, 11) is 0. The molecule has 2 aromatic carbocycles. The molecule has 1 heterocycles. The van der Waals surface area contributed by atoms with Crippen molar-refractivity contribution in [2.75, 3.05) is 24.7 Å². The van der Waals surface area contributed by atoms with Crippen LogP contribution in [0.5, 0.6) is 5.75 Å². The molecule has 0 fully saturated rings. The molecule has 4 nitrogen and oxygen atoms in total. The van der Waals surface area contributed by atoms with Crippen molar-refractivity contribution >= 4 is 11.8 Å². The van der Waals surface area contributed by atoms with Gasteiger partial charge in [-0.05, 0) is 55.9 Å². The number of ether oxygens (including phenoxy) is 2. The van der Waals surface area contributed by atoms with E-state index >= 15 is 0 Å². The van der Waals surface area contributed by atoms with E-state index in [1.165, 1.54) is 5.56 Å².